The van der Waals surface area contributed by atoms with Crippen LogP contribution in [-0.2, 0) is 11.3 Å². The number of carboxylic acids is 1. The third kappa shape index (κ3) is 4.41. The van der Waals surface area contributed by atoms with Gasteiger partial charge in [-0.3, -0.25) is 9.78 Å². The summed E-state index contributed by atoms with van der Waals surface area (Å²) in [6.07, 6.45) is 9.33. The van der Waals surface area contributed by atoms with Gasteiger partial charge < -0.3 is 10.4 Å². The highest BCUT2D eigenvalue weighted by Crippen LogP contribution is 2.40. The Bertz CT molecular complexity index is 756. The predicted molar refractivity (Wildman–Crippen MR) is 89.9 cm³/mol. The molecule has 1 saturated carbocycles. The molecule has 130 valence electrons. The summed E-state index contributed by atoms with van der Waals surface area (Å²) in [5.41, 5.74) is 1.10. The molecule has 1 aromatic rings. The zero-order valence-corrected chi connectivity index (χ0v) is 13.9. The minimum atomic E-state index is -0.959. The monoisotopic (exact) mass is 340 g/mol. The molecule has 2 aliphatic rings. The van der Waals surface area contributed by atoms with E-state index in [-0.39, 0.29) is 23.9 Å². The largest absolute Gasteiger partial charge is 0.478 e. The van der Waals surface area contributed by atoms with Gasteiger partial charge in [-0.1, -0.05) is 0 Å². The number of hydrogen-bond acceptors (Lipinski definition) is 5. The van der Waals surface area contributed by atoms with Crippen molar-refractivity contribution in [1.29, 1.82) is 0 Å². The number of carbonyl (C=O) groups excluding carboxylic acids is 1. The van der Waals surface area contributed by atoms with Gasteiger partial charge in [-0.15, -0.1) is 12.3 Å². The van der Waals surface area contributed by atoms with Crippen LogP contribution in [0.3, 0.4) is 0 Å². The highest BCUT2D eigenvalue weighted by molar-refractivity contribution is 5.89. The Morgan fingerprint density at radius 1 is 1.32 bits per heavy atom. The maximum absolute atomic E-state index is 12.0. The van der Waals surface area contributed by atoms with Gasteiger partial charge in [0.25, 0.3) is 0 Å². The SMILES string of the molecule is C#CCCC1(CCC(=O)NCc2ccc(C(=O)O)c(C3CC3)n2)N=N1. The fourth-order valence-electron chi connectivity index (χ4n) is 2.72. The van der Waals surface area contributed by atoms with Crippen molar-refractivity contribution in [2.75, 3.05) is 0 Å². The van der Waals surface area contributed by atoms with Crippen LogP contribution in [0.25, 0.3) is 0 Å². The number of nitrogens with zero attached hydrogens (tertiary/aromatic N) is 3. The first-order chi connectivity index (χ1) is 12.0. The molecular formula is C18H20N4O3. The first-order valence-corrected chi connectivity index (χ1v) is 8.40. The first-order valence-electron chi connectivity index (χ1n) is 8.40. The van der Waals surface area contributed by atoms with E-state index >= 15 is 0 Å². The smallest absolute Gasteiger partial charge is 0.337 e. The maximum atomic E-state index is 12.0. The Morgan fingerprint density at radius 3 is 2.68 bits per heavy atom. The van der Waals surface area contributed by atoms with Gasteiger partial charge in [0.1, 0.15) is 0 Å². The minimum absolute atomic E-state index is 0.102. The fourth-order valence-corrected chi connectivity index (χ4v) is 2.72. The third-order valence-electron chi connectivity index (χ3n) is 4.45. The average molecular weight is 340 g/mol. The van der Waals surface area contributed by atoms with Crippen LogP contribution in [0.4, 0.5) is 0 Å². The van der Waals surface area contributed by atoms with Gasteiger partial charge in [0, 0.05) is 31.6 Å². The Balaban J connectivity index is 1.50. The van der Waals surface area contributed by atoms with Crippen LogP contribution < -0.4 is 5.32 Å². The van der Waals surface area contributed by atoms with Gasteiger partial charge in [-0.05, 0) is 25.0 Å². The molecule has 1 aliphatic carbocycles. The minimum Gasteiger partial charge on any atom is -0.478 e. The van der Waals surface area contributed by atoms with Crippen LogP contribution in [0.2, 0.25) is 0 Å². The third-order valence-corrected chi connectivity index (χ3v) is 4.45. The molecule has 2 N–H and O–H groups in total. The molecule has 0 spiro atoms. The van der Waals surface area contributed by atoms with Crippen molar-refractivity contribution in [3.8, 4) is 12.3 Å². The molecule has 7 heteroatoms. The van der Waals surface area contributed by atoms with E-state index in [1.807, 2.05) is 0 Å². The predicted octanol–water partition coefficient (Wildman–Crippen LogP) is 2.63. The first kappa shape index (κ1) is 17.1. The Hall–Kier alpha value is -2.75. The fraction of sp³-hybridized carbons (Fsp3) is 0.500. The number of nitrogens with one attached hydrogen (secondary N) is 1. The molecule has 0 aromatic carbocycles. The molecule has 2 heterocycles. The van der Waals surface area contributed by atoms with E-state index in [4.69, 9.17) is 6.42 Å². The molecule has 3 rings (SSSR count). The van der Waals surface area contributed by atoms with Gasteiger partial charge >= 0.3 is 5.97 Å². The molecule has 1 amide bonds. The second-order valence-corrected chi connectivity index (χ2v) is 6.48. The number of amides is 1. The molecule has 1 aliphatic heterocycles. The molecule has 0 bridgehead atoms. The molecule has 25 heavy (non-hydrogen) atoms. The zero-order valence-electron chi connectivity index (χ0n) is 13.9. The molecule has 1 fully saturated rings. The number of carboxylic acid groups (broad SMARTS) is 1. The number of aromatic carboxylic acids is 1. The van der Waals surface area contributed by atoms with Gasteiger partial charge in [0.2, 0.25) is 5.91 Å². The van der Waals surface area contributed by atoms with E-state index in [9.17, 15) is 14.7 Å². The lowest BCUT2D eigenvalue weighted by atomic mass is 10.0. The van der Waals surface area contributed by atoms with E-state index in [1.165, 1.54) is 0 Å². The normalized spacial score (nSPS) is 16.9. The quantitative estimate of drug-likeness (QED) is 0.674. The van der Waals surface area contributed by atoms with Crippen LogP contribution in [0.5, 0.6) is 0 Å². The summed E-state index contributed by atoms with van der Waals surface area (Å²) in [7, 11) is 0. The molecule has 0 unspecified atom stereocenters. The van der Waals surface area contributed by atoms with E-state index in [0.717, 1.165) is 12.8 Å². The molecule has 0 radical (unpaired) electrons. The van der Waals surface area contributed by atoms with Gasteiger partial charge in [-0.2, -0.15) is 10.2 Å². The topological polar surface area (TPSA) is 104 Å². The number of hydrogen-bond donors (Lipinski definition) is 2. The molecule has 7 nitrogen and oxygen atoms in total. The van der Waals surface area contributed by atoms with E-state index < -0.39 is 11.6 Å². The second kappa shape index (κ2) is 7.01. The number of carbonyl (C=O) groups is 2. The molecule has 1 aromatic heterocycles. The molecular weight excluding hydrogens is 320 g/mol. The highest BCUT2D eigenvalue weighted by Gasteiger charge is 2.39. The van der Waals surface area contributed by atoms with Crippen LogP contribution in [0.15, 0.2) is 22.4 Å². The lowest BCUT2D eigenvalue weighted by molar-refractivity contribution is -0.121. The number of aromatic nitrogens is 1. The van der Waals surface area contributed by atoms with Crippen molar-refractivity contribution in [3.63, 3.8) is 0 Å². The summed E-state index contributed by atoms with van der Waals surface area (Å²) in [6.45, 7) is 0.282. The van der Waals surface area contributed by atoms with Crippen molar-refractivity contribution in [3.05, 3.63) is 29.1 Å². The summed E-state index contributed by atoms with van der Waals surface area (Å²) in [4.78, 5) is 27.7. The maximum Gasteiger partial charge on any atom is 0.337 e. The van der Waals surface area contributed by atoms with Gasteiger partial charge in [0.15, 0.2) is 5.66 Å². The lowest BCUT2D eigenvalue weighted by Gasteiger charge is -2.10. The second-order valence-electron chi connectivity index (χ2n) is 6.48. The van der Waals surface area contributed by atoms with Gasteiger partial charge in [-0.25, -0.2) is 4.79 Å². The average Bonchev–Trinajstić information content (AvgIpc) is 3.51. The van der Waals surface area contributed by atoms with Crippen LogP contribution >= 0.6 is 0 Å². The molecule has 0 atom stereocenters. The van der Waals surface area contributed by atoms with Crippen molar-refractivity contribution >= 4 is 11.9 Å². The number of terminal acetylenes is 1. The lowest BCUT2D eigenvalue weighted by Crippen LogP contribution is -2.25. The Kier molecular flexibility index (Phi) is 4.79. The zero-order chi connectivity index (χ0) is 17.9. The van der Waals surface area contributed by atoms with Crippen molar-refractivity contribution in [2.45, 2.75) is 56.7 Å². The van der Waals surface area contributed by atoms with Gasteiger partial charge in [0.05, 0.1) is 23.5 Å². The standard InChI is InChI=1S/C18H20N4O3/c1-2-3-9-18(21-22-18)10-8-15(23)19-11-13-6-7-14(17(24)25)16(20-13)12-4-5-12/h1,6-7,12H,3-5,8-11H2,(H,19,23)(H,24,25). The summed E-state index contributed by atoms with van der Waals surface area (Å²) in [6, 6.07) is 3.22. The summed E-state index contributed by atoms with van der Waals surface area (Å²) in [5, 5.41) is 20.1. The van der Waals surface area contributed by atoms with Crippen molar-refractivity contribution in [1.82, 2.24) is 10.3 Å². The summed E-state index contributed by atoms with van der Waals surface area (Å²) in [5.74, 6) is 1.73. The highest BCUT2D eigenvalue weighted by atomic mass is 16.4. The summed E-state index contributed by atoms with van der Waals surface area (Å²) >= 11 is 0. The van der Waals surface area contributed by atoms with Crippen molar-refractivity contribution in [2.24, 2.45) is 10.2 Å². The molecule has 0 saturated heterocycles. The van der Waals surface area contributed by atoms with E-state index in [1.54, 1.807) is 12.1 Å². The van der Waals surface area contributed by atoms with E-state index in [2.05, 4.69) is 26.4 Å². The summed E-state index contributed by atoms with van der Waals surface area (Å²) < 4.78 is 0. The van der Waals surface area contributed by atoms with Crippen molar-refractivity contribution < 1.29 is 14.7 Å². The Morgan fingerprint density at radius 2 is 2.08 bits per heavy atom. The Labute approximate surface area is 145 Å². The van der Waals surface area contributed by atoms with Crippen LogP contribution in [0, 0.1) is 12.3 Å². The van der Waals surface area contributed by atoms with Crippen LogP contribution in [0.1, 0.15) is 66.2 Å². The van der Waals surface area contributed by atoms with Crippen LogP contribution in [-0.4, -0.2) is 27.6 Å². The van der Waals surface area contributed by atoms with E-state index in [0.29, 0.717) is 37.1 Å². The number of rotatable bonds is 9. The number of pyridine rings is 1.